The van der Waals surface area contributed by atoms with E-state index in [1.807, 2.05) is 0 Å². The third-order valence-corrected chi connectivity index (χ3v) is 2.17. The van der Waals surface area contributed by atoms with Gasteiger partial charge in [0.2, 0.25) is 0 Å². The number of nitrogens with two attached hydrogens (primary N) is 1. The van der Waals surface area contributed by atoms with Crippen molar-refractivity contribution < 1.29 is 0 Å². The molecule has 0 saturated heterocycles. The Bertz CT molecular complexity index is 124. The van der Waals surface area contributed by atoms with Gasteiger partial charge in [0.15, 0.2) is 0 Å². The molecular weight excluding hydrogens is 174 g/mol. The second-order valence-corrected chi connectivity index (χ2v) is 4.64. The average Bonchev–Trinajstić information content (AvgIpc) is 2.09. The van der Waals surface area contributed by atoms with Crippen molar-refractivity contribution in [2.45, 2.75) is 20.3 Å². The van der Waals surface area contributed by atoms with Gasteiger partial charge in [-0.2, -0.15) is 0 Å². The minimum atomic E-state index is 0.745. The summed E-state index contributed by atoms with van der Waals surface area (Å²) in [5, 5.41) is 0. The molecule has 0 spiro atoms. The van der Waals surface area contributed by atoms with Crippen LogP contribution in [0.5, 0.6) is 0 Å². The van der Waals surface area contributed by atoms with Gasteiger partial charge in [-0.1, -0.05) is 13.8 Å². The summed E-state index contributed by atoms with van der Waals surface area (Å²) in [5.74, 6) is 0.745. The van der Waals surface area contributed by atoms with Crippen LogP contribution in [0.25, 0.3) is 0 Å². The van der Waals surface area contributed by atoms with Gasteiger partial charge in [-0.3, -0.25) is 0 Å². The second-order valence-electron chi connectivity index (χ2n) is 4.64. The van der Waals surface area contributed by atoms with Crippen molar-refractivity contribution in [3.05, 3.63) is 0 Å². The van der Waals surface area contributed by atoms with Crippen molar-refractivity contribution >= 4 is 0 Å². The summed E-state index contributed by atoms with van der Waals surface area (Å²) in [5.41, 5.74) is 5.53. The molecule has 0 heterocycles. The minimum Gasteiger partial charge on any atom is -0.330 e. The third kappa shape index (κ3) is 8.48. The molecule has 0 amide bonds. The molecule has 0 aliphatic carbocycles. The van der Waals surface area contributed by atoms with Crippen LogP contribution in [-0.4, -0.2) is 56.6 Å². The lowest BCUT2D eigenvalue weighted by Crippen LogP contribution is -2.35. The maximum atomic E-state index is 5.53. The zero-order chi connectivity index (χ0) is 11.0. The van der Waals surface area contributed by atoms with E-state index < -0.39 is 0 Å². The van der Waals surface area contributed by atoms with Gasteiger partial charge < -0.3 is 15.5 Å². The summed E-state index contributed by atoms with van der Waals surface area (Å²) >= 11 is 0. The van der Waals surface area contributed by atoms with Crippen molar-refractivity contribution in [1.82, 2.24) is 9.80 Å². The quantitative estimate of drug-likeness (QED) is 0.632. The highest BCUT2D eigenvalue weighted by molar-refractivity contribution is 4.62. The molecule has 0 aromatic heterocycles. The molecule has 0 rings (SSSR count). The average molecular weight is 201 g/mol. The smallest absolute Gasteiger partial charge is 0.0109 e. The molecule has 0 saturated carbocycles. The fourth-order valence-corrected chi connectivity index (χ4v) is 1.47. The van der Waals surface area contributed by atoms with E-state index in [4.69, 9.17) is 5.73 Å². The summed E-state index contributed by atoms with van der Waals surface area (Å²) in [6, 6.07) is 0. The molecule has 0 aromatic rings. The molecule has 2 N–H and O–H groups in total. The van der Waals surface area contributed by atoms with Gasteiger partial charge in [0.25, 0.3) is 0 Å². The highest BCUT2D eigenvalue weighted by Gasteiger charge is 2.06. The fourth-order valence-electron chi connectivity index (χ4n) is 1.47. The Balaban J connectivity index is 3.72. The van der Waals surface area contributed by atoms with E-state index >= 15 is 0 Å². The highest BCUT2D eigenvalue weighted by atomic mass is 15.2. The van der Waals surface area contributed by atoms with Gasteiger partial charge in [-0.15, -0.1) is 0 Å². The molecule has 0 fully saturated rings. The van der Waals surface area contributed by atoms with Gasteiger partial charge >= 0.3 is 0 Å². The Morgan fingerprint density at radius 2 is 1.71 bits per heavy atom. The summed E-state index contributed by atoms with van der Waals surface area (Å²) < 4.78 is 0. The van der Waals surface area contributed by atoms with E-state index in [2.05, 4.69) is 37.7 Å². The van der Waals surface area contributed by atoms with E-state index in [0.29, 0.717) is 0 Å². The van der Waals surface area contributed by atoms with Crippen molar-refractivity contribution in [1.29, 1.82) is 0 Å². The Morgan fingerprint density at radius 3 is 2.14 bits per heavy atom. The first-order valence-electron chi connectivity index (χ1n) is 5.63. The third-order valence-electron chi connectivity index (χ3n) is 2.17. The number of likely N-dealkylation sites (N-methyl/N-ethyl adjacent to an activating group) is 1. The largest absolute Gasteiger partial charge is 0.330 e. The van der Waals surface area contributed by atoms with Gasteiger partial charge in [0, 0.05) is 19.6 Å². The van der Waals surface area contributed by atoms with Crippen LogP contribution >= 0.6 is 0 Å². The molecule has 3 nitrogen and oxygen atoms in total. The van der Waals surface area contributed by atoms with Crippen LogP contribution in [0.2, 0.25) is 0 Å². The van der Waals surface area contributed by atoms with Crippen LogP contribution in [0.3, 0.4) is 0 Å². The summed E-state index contributed by atoms with van der Waals surface area (Å²) in [6.45, 7) is 9.96. The molecule has 14 heavy (non-hydrogen) atoms. The number of hydrogen-bond donors (Lipinski definition) is 1. The highest BCUT2D eigenvalue weighted by Crippen LogP contribution is 1.99. The van der Waals surface area contributed by atoms with Gasteiger partial charge in [-0.25, -0.2) is 0 Å². The zero-order valence-electron chi connectivity index (χ0n) is 10.3. The fraction of sp³-hybridized carbons (Fsp3) is 1.00. The van der Waals surface area contributed by atoms with E-state index in [1.54, 1.807) is 0 Å². The Hall–Kier alpha value is -0.120. The minimum absolute atomic E-state index is 0.745. The van der Waals surface area contributed by atoms with Crippen LogP contribution in [0.4, 0.5) is 0 Å². The molecule has 0 aliphatic rings. The predicted molar refractivity (Wildman–Crippen MR) is 63.5 cm³/mol. The van der Waals surface area contributed by atoms with Crippen LogP contribution < -0.4 is 5.73 Å². The molecule has 0 bridgehead atoms. The van der Waals surface area contributed by atoms with E-state index in [1.165, 1.54) is 6.54 Å². The first-order chi connectivity index (χ1) is 6.56. The molecule has 86 valence electrons. The zero-order valence-corrected chi connectivity index (χ0v) is 10.3. The lowest BCUT2D eigenvalue weighted by molar-refractivity contribution is 0.218. The lowest BCUT2D eigenvalue weighted by atomic mass is 10.2. The molecule has 0 radical (unpaired) electrons. The number of hydrogen-bond acceptors (Lipinski definition) is 3. The summed E-state index contributed by atoms with van der Waals surface area (Å²) in [7, 11) is 4.24. The molecule has 3 heteroatoms. The maximum absolute atomic E-state index is 5.53. The number of rotatable bonds is 8. The topological polar surface area (TPSA) is 32.5 Å². The van der Waals surface area contributed by atoms with E-state index in [-0.39, 0.29) is 0 Å². The monoisotopic (exact) mass is 201 g/mol. The van der Waals surface area contributed by atoms with E-state index in [9.17, 15) is 0 Å². The standard InChI is InChI=1S/C11H27N3/c1-11(2)10-14(7-5-6-12)9-8-13(3)4/h11H,5-10,12H2,1-4H3. The summed E-state index contributed by atoms with van der Waals surface area (Å²) in [4.78, 5) is 4.74. The normalized spacial score (nSPS) is 12.0. The number of nitrogens with zero attached hydrogens (tertiary/aromatic N) is 2. The van der Waals surface area contributed by atoms with Crippen LogP contribution in [0.1, 0.15) is 20.3 Å². The first-order valence-corrected chi connectivity index (χ1v) is 5.63. The summed E-state index contributed by atoms with van der Waals surface area (Å²) in [6.07, 6.45) is 1.11. The molecule has 0 atom stereocenters. The Morgan fingerprint density at radius 1 is 1.07 bits per heavy atom. The van der Waals surface area contributed by atoms with Crippen LogP contribution in [0.15, 0.2) is 0 Å². The molecule has 0 aromatic carbocycles. The van der Waals surface area contributed by atoms with Crippen LogP contribution in [0, 0.1) is 5.92 Å². The van der Waals surface area contributed by atoms with Crippen molar-refractivity contribution in [3.8, 4) is 0 Å². The van der Waals surface area contributed by atoms with Crippen LogP contribution in [-0.2, 0) is 0 Å². The lowest BCUT2D eigenvalue weighted by Gasteiger charge is -2.25. The Labute approximate surface area is 89.2 Å². The van der Waals surface area contributed by atoms with Gasteiger partial charge in [0.1, 0.15) is 0 Å². The van der Waals surface area contributed by atoms with E-state index in [0.717, 1.165) is 38.5 Å². The second kappa shape index (κ2) is 8.21. The maximum Gasteiger partial charge on any atom is 0.0109 e. The molecule has 0 aliphatic heterocycles. The first kappa shape index (κ1) is 13.9. The Kier molecular flexibility index (Phi) is 8.14. The SMILES string of the molecule is CC(C)CN(CCCN)CCN(C)C. The predicted octanol–water partition coefficient (Wildman–Crippen LogP) is 0.855. The van der Waals surface area contributed by atoms with Crippen molar-refractivity contribution in [3.63, 3.8) is 0 Å². The van der Waals surface area contributed by atoms with Crippen molar-refractivity contribution in [2.24, 2.45) is 11.7 Å². The molecular formula is C11H27N3. The van der Waals surface area contributed by atoms with Gasteiger partial charge in [0.05, 0.1) is 0 Å². The van der Waals surface area contributed by atoms with Gasteiger partial charge in [-0.05, 0) is 39.5 Å². The molecule has 0 unspecified atom stereocenters. The van der Waals surface area contributed by atoms with Crippen molar-refractivity contribution in [2.75, 3.05) is 46.8 Å².